The lowest BCUT2D eigenvalue weighted by Crippen LogP contribution is -2.48. The molecule has 1 heterocycles. The average molecular weight is 356 g/mol. The number of likely N-dealkylation sites (N-methyl/N-ethyl adjacent to an activating group) is 1. The number of hydrogen-bond acceptors (Lipinski definition) is 3. The van der Waals surface area contributed by atoms with E-state index in [-0.39, 0.29) is 0 Å². The van der Waals surface area contributed by atoms with Crippen molar-refractivity contribution in [3.05, 3.63) is 70.8 Å². The van der Waals surface area contributed by atoms with Gasteiger partial charge in [0.05, 0.1) is 0 Å². The zero-order valence-electron chi connectivity index (χ0n) is 14.6. The van der Waals surface area contributed by atoms with Gasteiger partial charge in [-0.2, -0.15) is 4.31 Å². The Labute approximate surface area is 150 Å². The minimum atomic E-state index is -3.45. The highest BCUT2D eigenvalue weighted by molar-refractivity contribution is 7.89. The Bertz CT molecular complexity index is 823. The lowest BCUT2D eigenvalue weighted by molar-refractivity contribution is 0.221. The van der Waals surface area contributed by atoms with Gasteiger partial charge < -0.3 is 4.90 Å². The number of fused-ring (bicyclic) bond motifs is 2. The largest absolute Gasteiger partial charge is 0.304 e. The summed E-state index contributed by atoms with van der Waals surface area (Å²) >= 11 is 0. The number of nitrogens with zero attached hydrogens (tertiary/aromatic N) is 2. The zero-order chi connectivity index (χ0) is 17.4. The first-order valence-corrected chi connectivity index (χ1v) is 10.4. The van der Waals surface area contributed by atoms with Gasteiger partial charge in [0.2, 0.25) is 10.0 Å². The summed E-state index contributed by atoms with van der Waals surface area (Å²) in [5, 5.41) is -0.592. The highest BCUT2D eigenvalue weighted by Crippen LogP contribution is 2.39. The summed E-state index contributed by atoms with van der Waals surface area (Å²) in [5.41, 5.74) is 4.21. The van der Waals surface area contributed by atoms with Gasteiger partial charge in [0.15, 0.2) is 0 Å². The van der Waals surface area contributed by atoms with Gasteiger partial charge in [-0.05, 0) is 42.1 Å². The number of hydrogen-bond donors (Lipinski definition) is 0. The molecule has 2 aliphatic rings. The van der Waals surface area contributed by atoms with E-state index in [1.54, 1.807) is 4.31 Å². The van der Waals surface area contributed by atoms with E-state index >= 15 is 0 Å². The van der Waals surface area contributed by atoms with Crippen LogP contribution in [-0.2, 0) is 22.9 Å². The van der Waals surface area contributed by atoms with E-state index < -0.39 is 15.3 Å². The van der Waals surface area contributed by atoms with Crippen LogP contribution in [0.3, 0.4) is 0 Å². The van der Waals surface area contributed by atoms with Crippen LogP contribution in [0.4, 0.5) is 0 Å². The van der Waals surface area contributed by atoms with Crippen LogP contribution in [-0.4, -0.2) is 50.8 Å². The standard InChI is InChI=1S/C20H24N2O2S/c1-21-12-14-22(15-13-21)25(23,24)20-18-8-4-2-6-16(18)10-11-17-7-3-5-9-19(17)20/h2-9,20H,10-15H2,1H3. The fourth-order valence-corrected chi connectivity index (χ4v) is 6.06. The summed E-state index contributed by atoms with van der Waals surface area (Å²) in [6.07, 6.45) is 1.78. The van der Waals surface area contributed by atoms with Crippen LogP contribution in [0.15, 0.2) is 48.5 Å². The molecule has 2 aromatic carbocycles. The predicted molar refractivity (Wildman–Crippen MR) is 100 cm³/mol. The molecule has 0 bridgehead atoms. The van der Waals surface area contributed by atoms with Crippen molar-refractivity contribution in [2.75, 3.05) is 33.2 Å². The van der Waals surface area contributed by atoms with Crippen LogP contribution in [0.25, 0.3) is 0 Å². The van der Waals surface area contributed by atoms with Gasteiger partial charge in [0, 0.05) is 26.2 Å². The Hall–Kier alpha value is -1.69. The van der Waals surface area contributed by atoms with Crippen molar-refractivity contribution in [1.82, 2.24) is 9.21 Å². The Balaban J connectivity index is 1.85. The first-order chi connectivity index (χ1) is 12.1. The molecule has 1 saturated heterocycles. The lowest BCUT2D eigenvalue weighted by atomic mass is 10.00. The second-order valence-corrected chi connectivity index (χ2v) is 9.04. The molecule has 5 heteroatoms. The van der Waals surface area contributed by atoms with Gasteiger partial charge in [0.1, 0.15) is 5.25 Å². The van der Waals surface area contributed by atoms with Gasteiger partial charge in [-0.1, -0.05) is 48.5 Å². The Kier molecular flexibility index (Phi) is 4.40. The van der Waals surface area contributed by atoms with Crippen LogP contribution in [0.2, 0.25) is 0 Å². The molecule has 0 N–H and O–H groups in total. The highest BCUT2D eigenvalue weighted by atomic mass is 32.2. The van der Waals surface area contributed by atoms with Crippen molar-refractivity contribution >= 4 is 10.0 Å². The molecular weight excluding hydrogens is 332 g/mol. The number of aryl methyl sites for hydroxylation is 2. The van der Waals surface area contributed by atoms with E-state index in [9.17, 15) is 8.42 Å². The van der Waals surface area contributed by atoms with Crippen molar-refractivity contribution in [2.45, 2.75) is 18.1 Å². The van der Waals surface area contributed by atoms with Gasteiger partial charge in [-0.3, -0.25) is 0 Å². The number of piperazine rings is 1. The van der Waals surface area contributed by atoms with E-state index in [0.29, 0.717) is 13.1 Å². The summed E-state index contributed by atoms with van der Waals surface area (Å²) in [4.78, 5) is 2.18. The first-order valence-electron chi connectivity index (χ1n) is 8.90. The van der Waals surface area contributed by atoms with Crippen molar-refractivity contribution in [1.29, 1.82) is 0 Å². The maximum absolute atomic E-state index is 13.6. The normalized spacial score (nSPS) is 19.9. The van der Waals surface area contributed by atoms with Crippen LogP contribution < -0.4 is 0 Å². The molecule has 0 amide bonds. The molecule has 0 spiro atoms. The van der Waals surface area contributed by atoms with Crippen molar-refractivity contribution < 1.29 is 8.42 Å². The Morgan fingerprint density at radius 3 is 1.80 bits per heavy atom. The molecule has 4 rings (SSSR count). The third-order valence-corrected chi connectivity index (χ3v) is 7.65. The molecule has 132 valence electrons. The van der Waals surface area contributed by atoms with E-state index in [1.165, 1.54) is 0 Å². The molecule has 1 aliphatic heterocycles. The van der Waals surface area contributed by atoms with E-state index in [2.05, 4.69) is 17.0 Å². The molecule has 1 fully saturated rings. The van der Waals surface area contributed by atoms with Gasteiger partial charge in [-0.15, -0.1) is 0 Å². The zero-order valence-corrected chi connectivity index (χ0v) is 15.4. The molecule has 1 aliphatic carbocycles. The molecular formula is C20H24N2O2S. The minimum Gasteiger partial charge on any atom is -0.304 e. The maximum atomic E-state index is 13.6. The predicted octanol–water partition coefficient (Wildman–Crippen LogP) is 2.45. The molecule has 2 aromatic rings. The molecule has 0 atom stereocenters. The van der Waals surface area contributed by atoms with Crippen molar-refractivity contribution in [3.63, 3.8) is 0 Å². The average Bonchev–Trinajstić information content (AvgIpc) is 2.79. The second kappa shape index (κ2) is 6.56. The van der Waals surface area contributed by atoms with Crippen LogP contribution in [0.5, 0.6) is 0 Å². The maximum Gasteiger partial charge on any atom is 0.225 e. The van der Waals surface area contributed by atoms with Crippen molar-refractivity contribution in [3.8, 4) is 0 Å². The summed E-state index contributed by atoms with van der Waals surface area (Å²) < 4.78 is 29.0. The summed E-state index contributed by atoms with van der Waals surface area (Å²) in [7, 11) is -1.41. The lowest BCUT2D eigenvalue weighted by Gasteiger charge is -2.34. The molecule has 0 unspecified atom stereocenters. The summed E-state index contributed by atoms with van der Waals surface area (Å²) in [6.45, 7) is 2.71. The number of benzene rings is 2. The number of rotatable bonds is 2. The van der Waals surface area contributed by atoms with Gasteiger partial charge in [-0.25, -0.2) is 8.42 Å². The Morgan fingerprint density at radius 1 is 0.800 bits per heavy atom. The van der Waals surface area contributed by atoms with Gasteiger partial charge in [0.25, 0.3) is 0 Å². The van der Waals surface area contributed by atoms with E-state index in [4.69, 9.17) is 0 Å². The molecule has 4 nitrogen and oxygen atoms in total. The molecule has 0 radical (unpaired) electrons. The highest BCUT2D eigenvalue weighted by Gasteiger charge is 2.38. The topological polar surface area (TPSA) is 40.6 Å². The summed E-state index contributed by atoms with van der Waals surface area (Å²) in [6, 6.07) is 16.1. The monoisotopic (exact) mass is 356 g/mol. The molecule has 0 saturated carbocycles. The number of sulfonamides is 1. The third kappa shape index (κ3) is 3.01. The van der Waals surface area contributed by atoms with E-state index in [0.717, 1.165) is 48.2 Å². The summed E-state index contributed by atoms with van der Waals surface area (Å²) in [5.74, 6) is 0. The molecule has 0 aromatic heterocycles. The van der Waals surface area contributed by atoms with Crippen LogP contribution >= 0.6 is 0 Å². The molecule has 25 heavy (non-hydrogen) atoms. The Morgan fingerprint density at radius 2 is 1.28 bits per heavy atom. The fraction of sp³-hybridized carbons (Fsp3) is 0.400. The second-order valence-electron chi connectivity index (χ2n) is 7.02. The third-order valence-electron chi connectivity index (χ3n) is 5.46. The van der Waals surface area contributed by atoms with Crippen molar-refractivity contribution in [2.24, 2.45) is 0 Å². The first kappa shape index (κ1) is 16.8. The SMILES string of the molecule is CN1CCN(S(=O)(=O)C2c3ccccc3CCc3ccccc32)CC1. The van der Waals surface area contributed by atoms with E-state index in [1.807, 2.05) is 43.4 Å². The van der Waals surface area contributed by atoms with Gasteiger partial charge >= 0.3 is 0 Å². The fourth-order valence-electron chi connectivity index (χ4n) is 3.98. The van der Waals surface area contributed by atoms with Crippen LogP contribution in [0, 0.1) is 0 Å². The quantitative estimate of drug-likeness (QED) is 0.830. The smallest absolute Gasteiger partial charge is 0.225 e. The van der Waals surface area contributed by atoms with Crippen LogP contribution in [0.1, 0.15) is 27.5 Å². The minimum absolute atomic E-state index is 0.569.